The van der Waals surface area contributed by atoms with Crippen LogP contribution in [0.15, 0.2) is 24.3 Å². The van der Waals surface area contributed by atoms with Gasteiger partial charge in [0.1, 0.15) is 0 Å². The zero-order chi connectivity index (χ0) is 14.0. The van der Waals surface area contributed by atoms with Gasteiger partial charge in [-0.3, -0.25) is 14.9 Å². The van der Waals surface area contributed by atoms with Crippen molar-refractivity contribution in [3.05, 3.63) is 44.3 Å². The average Bonchev–Trinajstić information content (AvgIpc) is 2.69. The van der Waals surface area contributed by atoms with Crippen molar-refractivity contribution in [2.45, 2.75) is 13.3 Å². The monoisotopic (exact) mass is 278 g/mol. The normalized spacial score (nSPS) is 10.4. The van der Waals surface area contributed by atoms with Gasteiger partial charge in [0, 0.05) is 22.6 Å². The standard InChI is InChI=1S/C12H10N2O4S/c1-7-13-12(10(19-7)6-11(15)16)8-3-2-4-9(5-8)14(17)18/h2-5H,6H2,1H3,(H,15,16). The number of carboxylic acids is 1. The highest BCUT2D eigenvalue weighted by Crippen LogP contribution is 2.30. The van der Waals surface area contributed by atoms with Gasteiger partial charge in [0.05, 0.1) is 22.0 Å². The molecule has 0 saturated carbocycles. The van der Waals surface area contributed by atoms with E-state index in [9.17, 15) is 14.9 Å². The van der Waals surface area contributed by atoms with Gasteiger partial charge in [-0.05, 0) is 6.92 Å². The lowest BCUT2D eigenvalue weighted by atomic mass is 10.1. The molecule has 7 heteroatoms. The third kappa shape index (κ3) is 2.94. The Kier molecular flexibility index (Phi) is 3.57. The van der Waals surface area contributed by atoms with Crippen molar-refractivity contribution >= 4 is 23.0 Å². The Morgan fingerprint density at radius 2 is 2.26 bits per heavy atom. The smallest absolute Gasteiger partial charge is 0.308 e. The molecule has 19 heavy (non-hydrogen) atoms. The highest BCUT2D eigenvalue weighted by Gasteiger charge is 2.16. The summed E-state index contributed by atoms with van der Waals surface area (Å²) in [4.78, 5) is 25.9. The van der Waals surface area contributed by atoms with Gasteiger partial charge in [-0.1, -0.05) is 12.1 Å². The minimum atomic E-state index is -0.949. The number of aliphatic carboxylic acids is 1. The highest BCUT2D eigenvalue weighted by atomic mass is 32.1. The number of nitrogens with zero attached hydrogens (tertiary/aromatic N) is 2. The Balaban J connectivity index is 2.49. The lowest BCUT2D eigenvalue weighted by Crippen LogP contribution is -1.99. The molecule has 0 unspecified atom stereocenters. The number of benzene rings is 1. The summed E-state index contributed by atoms with van der Waals surface area (Å²) in [6.45, 7) is 1.77. The topological polar surface area (TPSA) is 93.3 Å². The quantitative estimate of drug-likeness (QED) is 0.685. The molecule has 1 aromatic heterocycles. The fourth-order valence-electron chi connectivity index (χ4n) is 1.72. The second-order valence-electron chi connectivity index (χ2n) is 3.88. The van der Waals surface area contributed by atoms with Crippen molar-refractivity contribution < 1.29 is 14.8 Å². The number of carbonyl (C=O) groups is 1. The first-order valence-corrected chi connectivity index (χ1v) is 6.22. The van der Waals surface area contributed by atoms with Gasteiger partial charge in [0.25, 0.3) is 5.69 Å². The van der Waals surface area contributed by atoms with E-state index in [0.717, 1.165) is 5.01 Å². The number of aromatic nitrogens is 1. The number of hydrogen-bond acceptors (Lipinski definition) is 5. The lowest BCUT2D eigenvalue weighted by molar-refractivity contribution is -0.384. The summed E-state index contributed by atoms with van der Waals surface area (Å²) in [6, 6.07) is 6.04. The van der Waals surface area contributed by atoms with Gasteiger partial charge in [-0.2, -0.15) is 0 Å². The van der Waals surface area contributed by atoms with Crippen LogP contribution in [0, 0.1) is 17.0 Å². The first-order valence-electron chi connectivity index (χ1n) is 5.40. The summed E-state index contributed by atoms with van der Waals surface area (Å²) in [5.74, 6) is -0.949. The van der Waals surface area contributed by atoms with Crippen LogP contribution in [0.5, 0.6) is 0 Å². The van der Waals surface area contributed by atoms with E-state index in [1.807, 2.05) is 0 Å². The molecule has 98 valence electrons. The molecule has 0 atom stereocenters. The summed E-state index contributed by atoms with van der Waals surface area (Å²) in [5, 5.41) is 20.3. The van der Waals surface area contributed by atoms with E-state index in [-0.39, 0.29) is 12.1 Å². The van der Waals surface area contributed by atoms with Gasteiger partial charge < -0.3 is 5.11 Å². The molecule has 0 aliphatic rings. The van der Waals surface area contributed by atoms with Gasteiger partial charge in [-0.25, -0.2) is 4.98 Å². The number of thiazole rings is 1. The molecule has 6 nitrogen and oxygen atoms in total. The van der Waals surface area contributed by atoms with Crippen molar-refractivity contribution in [3.63, 3.8) is 0 Å². The number of hydrogen-bond donors (Lipinski definition) is 1. The van der Waals surface area contributed by atoms with E-state index in [0.29, 0.717) is 16.1 Å². The molecule has 0 radical (unpaired) electrons. The molecule has 0 spiro atoms. The summed E-state index contributed by atoms with van der Waals surface area (Å²) in [7, 11) is 0. The number of nitro groups is 1. The Morgan fingerprint density at radius 3 is 2.89 bits per heavy atom. The van der Waals surface area contributed by atoms with E-state index in [1.165, 1.54) is 23.5 Å². The summed E-state index contributed by atoms with van der Waals surface area (Å²) in [5.41, 5.74) is 1.04. The van der Waals surface area contributed by atoms with Crippen molar-refractivity contribution in [1.82, 2.24) is 4.98 Å². The van der Waals surface area contributed by atoms with Crippen molar-refractivity contribution in [1.29, 1.82) is 0 Å². The van der Waals surface area contributed by atoms with Crippen LogP contribution in [0.25, 0.3) is 11.3 Å². The maximum absolute atomic E-state index is 10.8. The first-order chi connectivity index (χ1) is 8.97. The molecule has 1 N–H and O–H groups in total. The van der Waals surface area contributed by atoms with E-state index < -0.39 is 10.9 Å². The maximum atomic E-state index is 10.8. The number of rotatable bonds is 4. The Morgan fingerprint density at radius 1 is 1.53 bits per heavy atom. The molecule has 0 fully saturated rings. The van der Waals surface area contributed by atoms with Gasteiger partial charge >= 0.3 is 5.97 Å². The van der Waals surface area contributed by atoms with Crippen LogP contribution < -0.4 is 0 Å². The van der Waals surface area contributed by atoms with Crippen LogP contribution in [0.3, 0.4) is 0 Å². The zero-order valence-electron chi connectivity index (χ0n) is 9.99. The Bertz CT molecular complexity index is 651. The predicted molar refractivity (Wildman–Crippen MR) is 70.3 cm³/mol. The Labute approximate surface area is 112 Å². The summed E-state index contributed by atoms with van der Waals surface area (Å²) < 4.78 is 0. The molecular weight excluding hydrogens is 268 g/mol. The Hall–Kier alpha value is -2.28. The molecule has 2 rings (SSSR count). The van der Waals surface area contributed by atoms with Crippen LogP contribution in [0.2, 0.25) is 0 Å². The zero-order valence-corrected chi connectivity index (χ0v) is 10.8. The minimum absolute atomic E-state index is 0.0376. The highest BCUT2D eigenvalue weighted by molar-refractivity contribution is 7.12. The van der Waals surface area contributed by atoms with E-state index in [4.69, 9.17) is 5.11 Å². The maximum Gasteiger partial charge on any atom is 0.308 e. The third-order valence-electron chi connectivity index (χ3n) is 2.45. The van der Waals surface area contributed by atoms with Gasteiger partial charge in [0.2, 0.25) is 0 Å². The first kappa shape index (κ1) is 13.2. The average molecular weight is 278 g/mol. The van der Waals surface area contributed by atoms with E-state index >= 15 is 0 Å². The summed E-state index contributed by atoms with van der Waals surface area (Å²) >= 11 is 1.29. The second kappa shape index (κ2) is 5.15. The lowest BCUT2D eigenvalue weighted by Gasteiger charge is -2.00. The van der Waals surface area contributed by atoms with Crippen LogP contribution >= 0.6 is 11.3 Å². The molecule has 0 aliphatic carbocycles. The fourth-order valence-corrected chi connectivity index (χ4v) is 2.67. The van der Waals surface area contributed by atoms with E-state index in [1.54, 1.807) is 19.1 Å². The number of carboxylic acid groups (broad SMARTS) is 1. The van der Waals surface area contributed by atoms with Crippen LogP contribution in [0.4, 0.5) is 5.69 Å². The van der Waals surface area contributed by atoms with Gasteiger partial charge in [-0.15, -0.1) is 11.3 Å². The molecule has 1 heterocycles. The molecule has 0 bridgehead atoms. The third-order valence-corrected chi connectivity index (χ3v) is 3.42. The molecule has 0 aliphatic heterocycles. The van der Waals surface area contributed by atoms with E-state index in [2.05, 4.69) is 4.98 Å². The molecule has 0 amide bonds. The van der Waals surface area contributed by atoms with Gasteiger partial charge in [0.15, 0.2) is 0 Å². The van der Waals surface area contributed by atoms with Crippen molar-refractivity contribution in [2.24, 2.45) is 0 Å². The van der Waals surface area contributed by atoms with Crippen molar-refractivity contribution in [2.75, 3.05) is 0 Å². The van der Waals surface area contributed by atoms with Crippen LogP contribution in [-0.4, -0.2) is 21.0 Å². The number of nitro benzene ring substituents is 1. The minimum Gasteiger partial charge on any atom is -0.481 e. The molecular formula is C12H10N2O4S. The fraction of sp³-hybridized carbons (Fsp3) is 0.167. The molecule has 1 aromatic carbocycles. The number of aryl methyl sites for hydroxylation is 1. The molecule has 0 saturated heterocycles. The number of non-ortho nitro benzene ring substituents is 1. The van der Waals surface area contributed by atoms with Crippen molar-refractivity contribution in [3.8, 4) is 11.3 Å². The summed E-state index contributed by atoms with van der Waals surface area (Å²) in [6.07, 6.45) is -0.135. The van der Waals surface area contributed by atoms with Crippen LogP contribution in [0.1, 0.15) is 9.88 Å². The SMILES string of the molecule is Cc1nc(-c2cccc([N+](=O)[O-])c2)c(CC(=O)O)s1. The molecule has 2 aromatic rings. The second-order valence-corrected chi connectivity index (χ2v) is 5.17. The van der Waals surface area contributed by atoms with Crippen LogP contribution in [-0.2, 0) is 11.2 Å². The predicted octanol–water partition coefficient (Wildman–Crippen LogP) is 2.65. The largest absolute Gasteiger partial charge is 0.481 e.